The molecule has 8 heteroatoms. The fourth-order valence-electron chi connectivity index (χ4n) is 4.35. The van der Waals surface area contributed by atoms with Gasteiger partial charge in [-0.1, -0.05) is 36.4 Å². The van der Waals surface area contributed by atoms with E-state index in [4.69, 9.17) is 14.2 Å². The van der Waals surface area contributed by atoms with Gasteiger partial charge < -0.3 is 24.2 Å². The van der Waals surface area contributed by atoms with Crippen LogP contribution in [0.15, 0.2) is 76.8 Å². The van der Waals surface area contributed by atoms with Gasteiger partial charge in [-0.05, 0) is 63.8 Å². The van der Waals surface area contributed by atoms with Gasteiger partial charge >= 0.3 is 0 Å². The third-order valence-corrected chi connectivity index (χ3v) is 6.79. The van der Waals surface area contributed by atoms with Crippen LogP contribution in [0.3, 0.4) is 0 Å². The van der Waals surface area contributed by atoms with Crippen molar-refractivity contribution in [1.29, 1.82) is 0 Å². The molecular weight excluding hydrogens is 526 g/mol. The molecule has 186 valence electrons. The molecule has 1 fully saturated rings. The minimum Gasteiger partial charge on any atom is -0.507 e. The number of carbonyl (C=O) groups excluding carboxylic acids is 2. The molecule has 0 bridgehead atoms. The average Bonchev–Trinajstić information content (AvgIpc) is 3.16. The number of ketones is 1. The molecule has 0 radical (unpaired) electrons. The summed E-state index contributed by atoms with van der Waals surface area (Å²) in [7, 11) is 4.67. The number of rotatable bonds is 8. The Morgan fingerprint density at radius 3 is 2.19 bits per heavy atom. The van der Waals surface area contributed by atoms with Crippen LogP contribution in [0.1, 0.15) is 22.7 Å². The van der Waals surface area contributed by atoms with E-state index >= 15 is 0 Å². The van der Waals surface area contributed by atoms with Crippen LogP contribution >= 0.6 is 15.9 Å². The third kappa shape index (κ3) is 4.81. The highest BCUT2D eigenvalue weighted by Gasteiger charge is 2.45. The largest absolute Gasteiger partial charge is 0.507 e. The average molecular weight is 552 g/mol. The molecule has 1 atom stereocenters. The number of Topliss-reactive ketones (excluding diaryl/α,β-unsaturated/α-hetero) is 1. The SMILES string of the molecule is COc1ccc(/C(O)=C2/C(=O)C(=O)N(CCc3ccc(OC)c(OC)c3)C2c2ccccc2)cc1Br. The molecule has 0 saturated carbocycles. The molecule has 1 aliphatic rings. The van der Waals surface area contributed by atoms with Crippen molar-refractivity contribution >= 4 is 33.4 Å². The first-order valence-electron chi connectivity index (χ1n) is 11.3. The van der Waals surface area contributed by atoms with E-state index in [0.29, 0.717) is 33.7 Å². The Morgan fingerprint density at radius 2 is 1.56 bits per heavy atom. The van der Waals surface area contributed by atoms with Gasteiger partial charge in [-0.25, -0.2) is 0 Å². The van der Waals surface area contributed by atoms with E-state index in [1.54, 1.807) is 45.6 Å². The van der Waals surface area contributed by atoms with Crippen molar-refractivity contribution in [1.82, 2.24) is 4.90 Å². The summed E-state index contributed by atoms with van der Waals surface area (Å²) in [6.45, 7) is 0.267. The zero-order valence-corrected chi connectivity index (χ0v) is 21.7. The maximum absolute atomic E-state index is 13.2. The van der Waals surface area contributed by atoms with Crippen molar-refractivity contribution in [3.05, 3.63) is 93.5 Å². The van der Waals surface area contributed by atoms with Crippen LogP contribution in [0.2, 0.25) is 0 Å². The minimum absolute atomic E-state index is 0.0515. The molecule has 1 N–H and O–H groups in total. The number of hydrogen-bond donors (Lipinski definition) is 1. The molecule has 3 aromatic rings. The number of benzene rings is 3. The van der Waals surface area contributed by atoms with Gasteiger partial charge in [0.1, 0.15) is 11.5 Å². The number of carbonyl (C=O) groups is 2. The zero-order chi connectivity index (χ0) is 25.8. The van der Waals surface area contributed by atoms with E-state index in [-0.39, 0.29) is 17.9 Å². The summed E-state index contributed by atoms with van der Waals surface area (Å²) < 4.78 is 16.6. The second-order valence-electron chi connectivity index (χ2n) is 8.19. The number of ether oxygens (including phenoxy) is 3. The van der Waals surface area contributed by atoms with Crippen LogP contribution in [-0.4, -0.2) is 49.6 Å². The van der Waals surface area contributed by atoms with Crippen LogP contribution in [0.4, 0.5) is 0 Å². The predicted molar refractivity (Wildman–Crippen MR) is 139 cm³/mol. The molecule has 1 amide bonds. The van der Waals surface area contributed by atoms with Gasteiger partial charge in [-0.15, -0.1) is 0 Å². The first-order valence-corrected chi connectivity index (χ1v) is 12.1. The number of methoxy groups -OCH3 is 3. The van der Waals surface area contributed by atoms with Crippen molar-refractivity contribution in [3.8, 4) is 17.2 Å². The Labute approximate surface area is 218 Å². The normalized spacial score (nSPS) is 16.8. The Morgan fingerprint density at radius 1 is 0.889 bits per heavy atom. The zero-order valence-electron chi connectivity index (χ0n) is 20.2. The standard InChI is InChI=1S/C28H26BrNO6/c1-34-21-12-10-19(16-20(21)29)26(31)24-25(18-7-5-4-6-8-18)30(28(33)27(24)32)14-13-17-9-11-22(35-2)23(15-17)36-3/h4-12,15-16,25,31H,13-14H2,1-3H3/b26-24-. The van der Waals surface area contributed by atoms with Crippen molar-refractivity contribution in [2.45, 2.75) is 12.5 Å². The lowest BCUT2D eigenvalue weighted by Gasteiger charge is -2.25. The number of aliphatic hydroxyl groups is 1. The fourth-order valence-corrected chi connectivity index (χ4v) is 4.89. The Kier molecular flexibility index (Phi) is 7.64. The minimum atomic E-state index is -0.729. The summed E-state index contributed by atoms with van der Waals surface area (Å²) >= 11 is 3.42. The summed E-state index contributed by atoms with van der Waals surface area (Å²) in [4.78, 5) is 28.0. The molecule has 3 aromatic carbocycles. The van der Waals surface area contributed by atoms with E-state index in [1.807, 2.05) is 42.5 Å². The van der Waals surface area contributed by atoms with Gasteiger partial charge in [-0.3, -0.25) is 9.59 Å². The summed E-state index contributed by atoms with van der Waals surface area (Å²) in [6, 6.07) is 19.0. The number of aliphatic hydroxyl groups excluding tert-OH is 1. The van der Waals surface area contributed by atoms with Gasteiger partial charge in [-0.2, -0.15) is 0 Å². The van der Waals surface area contributed by atoms with Gasteiger partial charge in [0, 0.05) is 12.1 Å². The monoisotopic (exact) mass is 551 g/mol. The van der Waals surface area contributed by atoms with Crippen LogP contribution in [-0.2, 0) is 16.0 Å². The lowest BCUT2D eigenvalue weighted by molar-refractivity contribution is -0.139. The highest BCUT2D eigenvalue weighted by molar-refractivity contribution is 9.10. The molecule has 0 spiro atoms. The Hall–Kier alpha value is -3.78. The molecule has 1 aliphatic heterocycles. The van der Waals surface area contributed by atoms with E-state index in [1.165, 1.54) is 4.90 Å². The van der Waals surface area contributed by atoms with Crippen molar-refractivity contribution in [3.63, 3.8) is 0 Å². The van der Waals surface area contributed by atoms with Crippen LogP contribution in [0, 0.1) is 0 Å². The first-order chi connectivity index (χ1) is 17.4. The quantitative estimate of drug-likeness (QED) is 0.237. The second-order valence-corrected chi connectivity index (χ2v) is 9.05. The number of likely N-dealkylation sites (tertiary alicyclic amines) is 1. The lowest BCUT2D eigenvalue weighted by Crippen LogP contribution is -2.31. The number of hydrogen-bond acceptors (Lipinski definition) is 6. The highest BCUT2D eigenvalue weighted by atomic mass is 79.9. The molecule has 0 aliphatic carbocycles. The van der Waals surface area contributed by atoms with Crippen LogP contribution < -0.4 is 14.2 Å². The molecule has 0 aromatic heterocycles. The van der Waals surface area contributed by atoms with E-state index in [0.717, 1.165) is 11.1 Å². The first kappa shape index (κ1) is 25.3. The lowest BCUT2D eigenvalue weighted by atomic mass is 9.95. The third-order valence-electron chi connectivity index (χ3n) is 6.17. The summed E-state index contributed by atoms with van der Waals surface area (Å²) in [6.07, 6.45) is 0.477. The van der Waals surface area contributed by atoms with Crippen LogP contribution in [0.5, 0.6) is 17.2 Å². The molecule has 1 heterocycles. The van der Waals surface area contributed by atoms with Gasteiger partial charge in [0.05, 0.1) is 37.4 Å². The molecule has 1 saturated heterocycles. The highest BCUT2D eigenvalue weighted by Crippen LogP contribution is 2.40. The maximum atomic E-state index is 13.2. The van der Waals surface area contributed by atoms with E-state index in [2.05, 4.69) is 15.9 Å². The fraction of sp³-hybridized carbons (Fsp3) is 0.214. The van der Waals surface area contributed by atoms with Crippen LogP contribution in [0.25, 0.3) is 5.76 Å². The molecule has 1 unspecified atom stereocenters. The van der Waals surface area contributed by atoms with Crippen molar-refractivity contribution < 1.29 is 28.9 Å². The smallest absolute Gasteiger partial charge is 0.295 e. The van der Waals surface area contributed by atoms with Gasteiger partial charge in [0.15, 0.2) is 11.5 Å². The summed E-state index contributed by atoms with van der Waals surface area (Å²) in [5.41, 5.74) is 2.11. The summed E-state index contributed by atoms with van der Waals surface area (Å²) in [5, 5.41) is 11.2. The molecular formula is C28H26BrNO6. The van der Waals surface area contributed by atoms with Gasteiger partial charge in [0.2, 0.25) is 0 Å². The van der Waals surface area contributed by atoms with Gasteiger partial charge in [0.25, 0.3) is 11.7 Å². The topological polar surface area (TPSA) is 85.3 Å². The summed E-state index contributed by atoms with van der Waals surface area (Å²) in [5.74, 6) is 0.165. The number of nitrogens with zero attached hydrogens (tertiary/aromatic N) is 1. The predicted octanol–water partition coefficient (Wildman–Crippen LogP) is 5.14. The van der Waals surface area contributed by atoms with E-state index < -0.39 is 17.7 Å². The molecule has 36 heavy (non-hydrogen) atoms. The maximum Gasteiger partial charge on any atom is 0.295 e. The molecule has 7 nitrogen and oxygen atoms in total. The Bertz CT molecular complexity index is 1320. The van der Waals surface area contributed by atoms with Crippen molar-refractivity contribution in [2.75, 3.05) is 27.9 Å². The molecule has 4 rings (SSSR count). The number of amides is 1. The van der Waals surface area contributed by atoms with E-state index in [9.17, 15) is 14.7 Å². The second kappa shape index (κ2) is 10.9. The van der Waals surface area contributed by atoms with Crippen molar-refractivity contribution in [2.24, 2.45) is 0 Å². The Balaban J connectivity index is 1.73. The number of halogens is 1.